The molecule has 2 aliphatic rings. The molecule has 3 unspecified atom stereocenters. The van der Waals surface area contributed by atoms with Gasteiger partial charge in [0.1, 0.15) is 42.8 Å². The lowest BCUT2D eigenvalue weighted by molar-refractivity contribution is -0.282. The molecule has 0 aromatic heterocycles. The van der Waals surface area contributed by atoms with Crippen LogP contribution < -0.4 is 25.4 Å². The highest BCUT2D eigenvalue weighted by atomic mass is 16.7. The summed E-state index contributed by atoms with van der Waals surface area (Å²) in [5, 5.41) is 8.45. The van der Waals surface area contributed by atoms with Crippen LogP contribution in [0.1, 0.15) is 106 Å². The van der Waals surface area contributed by atoms with E-state index in [0.717, 1.165) is 38.3 Å². The van der Waals surface area contributed by atoms with Gasteiger partial charge in [0.2, 0.25) is 41.9 Å². The normalized spacial score (nSPS) is 20.6. The van der Waals surface area contributed by atoms with E-state index in [1.54, 1.807) is 46.6 Å². The van der Waals surface area contributed by atoms with E-state index >= 15 is 0 Å². The van der Waals surface area contributed by atoms with Gasteiger partial charge in [-0.15, -0.1) is 6.42 Å². The van der Waals surface area contributed by atoms with Gasteiger partial charge in [0.25, 0.3) is 0 Å². The molecule has 2 aromatic rings. The lowest BCUT2D eigenvalue weighted by atomic mass is 9.89. The van der Waals surface area contributed by atoms with E-state index in [4.69, 9.17) is 53.8 Å². The Morgan fingerprint density at radius 2 is 1.41 bits per heavy atom. The number of rotatable bonds is 31. The lowest BCUT2D eigenvalue weighted by Crippen LogP contribution is -2.64. The van der Waals surface area contributed by atoms with E-state index in [9.17, 15) is 47.9 Å². The standard InChI is InChI=1S/C64H92N6O20/c1-18-30-84-47-32-44(89-63-57(88-41(11)73)55(87-40(10)72)54(86-39(9)71)56(90-63)62(79)83-17)28-27-43(47)34-85-64(80)69(14)51(36(5)6)60(77)67-50(35(3)4)61(78)68(13)52(37(7)19-2)48(81-15)33-49(74)70-29-23-26-46(70)53(82-16)38(8)58(75)66-45(59(76)65-12)31-42-24-21-20-22-25-42/h1,20-22,24-25,27-28,32,35-38,45-46,48,50-57,63H,19,23,26,29-31,33-34H2,2-17H3,(H,65,76)(H,66,75)(H,67,77)/t37?,38-,45?,46+,48-,50+,51+,52+,53-,54+,55+,56+,57-,63?/m1/s1. The Balaban J connectivity index is 1.52. The van der Waals surface area contributed by atoms with Gasteiger partial charge in [0, 0.05) is 80.7 Å². The maximum Gasteiger partial charge on any atom is 0.410 e. The third-order valence-corrected chi connectivity index (χ3v) is 16.0. The van der Waals surface area contributed by atoms with E-state index in [1.807, 2.05) is 44.2 Å². The van der Waals surface area contributed by atoms with Crippen molar-refractivity contribution in [3.05, 3.63) is 59.7 Å². The van der Waals surface area contributed by atoms with Crippen molar-refractivity contribution in [3.8, 4) is 23.8 Å². The molecule has 0 radical (unpaired) electrons. The molecule has 0 bridgehead atoms. The third kappa shape index (κ3) is 20.0. The van der Waals surface area contributed by atoms with Crippen LogP contribution in [0.3, 0.4) is 0 Å². The van der Waals surface area contributed by atoms with Crippen LogP contribution in [0.2, 0.25) is 0 Å². The number of terminal acetylenes is 1. The predicted molar refractivity (Wildman–Crippen MR) is 324 cm³/mol. The first kappa shape index (κ1) is 74.4. The molecule has 26 nitrogen and oxygen atoms in total. The number of likely N-dealkylation sites (N-methyl/N-ethyl adjacent to an activating group) is 3. The number of likely N-dealkylation sites (tertiary alicyclic amines) is 1. The van der Waals surface area contributed by atoms with Gasteiger partial charge in [-0.05, 0) is 48.3 Å². The van der Waals surface area contributed by atoms with Gasteiger partial charge in [-0.2, -0.15) is 0 Å². The summed E-state index contributed by atoms with van der Waals surface area (Å²) in [5.41, 5.74) is 1.12. The van der Waals surface area contributed by atoms with Crippen LogP contribution in [0.5, 0.6) is 11.5 Å². The molecule has 90 heavy (non-hydrogen) atoms. The number of benzene rings is 2. The first-order chi connectivity index (χ1) is 42.6. The third-order valence-electron chi connectivity index (χ3n) is 16.0. The Hall–Kier alpha value is -8.02. The fourth-order valence-corrected chi connectivity index (χ4v) is 11.4. The van der Waals surface area contributed by atoms with Gasteiger partial charge in [0.15, 0.2) is 18.3 Å². The number of amides is 6. The number of carbonyl (C=O) groups is 10. The van der Waals surface area contributed by atoms with Crippen molar-refractivity contribution >= 4 is 59.5 Å². The van der Waals surface area contributed by atoms with Gasteiger partial charge in [-0.1, -0.05) is 91.1 Å². The first-order valence-corrected chi connectivity index (χ1v) is 30.1. The van der Waals surface area contributed by atoms with E-state index in [0.29, 0.717) is 25.8 Å². The van der Waals surface area contributed by atoms with Crippen LogP contribution >= 0.6 is 0 Å². The fourth-order valence-electron chi connectivity index (χ4n) is 11.4. The number of nitrogens with zero attached hydrogens (tertiary/aromatic N) is 3. The average molecular weight is 1270 g/mol. The zero-order chi connectivity index (χ0) is 67.3. The molecular weight excluding hydrogens is 1170 g/mol. The average Bonchev–Trinajstić information content (AvgIpc) is 0.985. The number of hydrogen-bond acceptors (Lipinski definition) is 20. The largest absolute Gasteiger partial charge is 0.480 e. The predicted octanol–water partition coefficient (Wildman–Crippen LogP) is 3.90. The number of carbonyl (C=O) groups excluding carboxylic acids is 10. The smallest absolute Gasteiger partial charge is 0.410 e. The molecule has 3 N–H and O–H groups in total. The van der Waals surface area contributed by atoms with Crippen molar-refractivity contribution in [2.75, 3.05) is 55.6 Å². The molecule has 2 heterocycles. The molecule has 2 saturated heterocycles. The minimum absolute atomic E-state index is 0.0383. The highest BCUT2D eigenvalue weighted by molar-refractivity contribution is 5.92. The lowest BCUT2D eigenvalue weighted by Gasteiger charge is -2.43. The summed E-state index contributed by atoms with van der Waals surface area (Å²) in [6.45, 7) is 15.4. The van der Waals surface area contributed by atoms with Crippen molar-refractivity contribution < 1.29 is 95.3 Å². The monoisotopic (exact) mass is 1260 g/mol. The van der Waals surface area contributed by atoms with E-state index in [-0.39, 0.29) is 54.2 Å². The Kier molecular flexibility index (Phi) is 29.3. The van der Waals surface area contributed by atoms with Crippen LogP contribution in [0, 0.1) is 36.0 Å². The second kappa shape index (κ2) is 35.4. The van der Waals surface area contributed by atoms with Gasteiger partial charge < -0.3 is 73.1 Å². The number of ether oxygens (including phenoxy) is 10. The molecular formula is C64H92N6O20. The second-order valence-corrected chi connectivity index (χ2v) is 23.1. The Labute approximate surface area is 527 Å². The molecule has 0 spiro atoms. The highest BCUT2D eigenvalue weighted by Gasteiger charge is 2.56. The molecule has 14 atom stereocenters. The zero-order valence-corrected chi connectivity index (χ0v) is 54.6. The van der Waals surface area contributed by atoms with Crippen molar-refractivity contribution in [1.29, 1.82) is 0 Å². The molecule has 0 saturated carbocycles. The number of methoxy groups -OCH3 is 3. The Morgan fingerprint density at radius 3 is 1.97 bits per heavy atom. The highest BCUT2D eigenvalue weighted by Crippen LogP contribution is 2.35. The number of nitrogens with one attached hydrogen (secondary N) is 3. The van der Waals surface area contributed by atoms with Gasteiger partial charge >= 0.3 is 30.0 Å². The zero-order valence-electron chi connectivity index (χ0n) is 54.6. The van der Waals surface area contributed by atoms with Crippen LogP contribution in [0.4, 0.5) is 4.79 Å². The SMILES string of the molecule is C#CCOc1cc(OC2O[C@H](C(=O)OC)[C@@H](OC(C)=O)[C@H](OC(C)=O)[C@H]2OC(C)=O)ccc1COC(=O)N(C)[C@H](C(=O)N[C@H](C(=O)N(C)[C@@H](C(C)CC)[C@@H](CC(=O)N1CCC[C@H]1[C@H](OC)[C@@H](C)C(=O)NC(Cc1ccccc1)C(=O)NC)OC)C(C)C)C(C)C. The van der Waals surface area contributed by atoms with E-state index < -0.39 is 145 Å². The topological polar surface area (TPSA) is 309 Å². The second-order valence-electron chi connectivity index (χ2n) is 23.1. The summed E-state index contributed by atoms with van der Waals surface area (Å²) in [6.07, 6.45) is -3.35. The maximum absolute atomic E-state index is 14.9. The maximum atomic E-state index is 14.9. The fraction of sp³-hybridized carbons (Fsp3) is 0.625. The summed E-state index contributed by atoms with van der Waals surface area (Å²) < 4.78 is 56.7. The van der Waals surface area contributed by atoms with Crippen molar-refractivity contribution in [1.82, 2.24) is 30.7 Å². The molecule has 26 heteroatoms. The first-order valence-electron chi connectivity index (χ1n) is 30.1. The van der Waals surface area contributed by atoms with Gasteiger partial charge in [0.05, 0.1) is 43.7 Å². The van der Waals surface area contributed by atoms with Crippen LogP contribution in [-0.4, -0.2) is 203 Å². The summed E-state index contributed by atoms with van der Waals surface area (Å²) in [4.78, 5) is 139. The van der Waals surface area contributed by atoms with Crippen molar-refractivity contribution in [2.24, 2.45) is 23.7 Å². The van der Waals surface area contributed by atoms with Crippen molar-refractivity contribution in [3.63, 3.8) is 0 Å². The van der Waals surface area contributed by atoms with Crippen molar-refractivity contribution in [2.45, 2.75) is 181 Å². The van der Waals surface area contributed by atoms with Crippen LogP contribution in [0.25, 0.3) is 0 Å². The molecule has 2 aliphatic heterocycles. The summed E-state index contributed by atoms with van der Waals surface area (Å²) in [7, 11) is 8.50. The number of hydrogen-bond donors (Lipinski definition) is 3. The minimum Gasteiger partial charge on any atom is -0.480 e. The summed E-state index contributed by atoms with van der Waals surface area (Å²) >= 11 is 0. The number of esters is 4. The minimum atomic E-state index is -1.74. The summed E-state index contributed by atoms with van der Waals surface area (Å²) in [6, 6.07) is 9.20. The summed E-state index contributed by atoms with van der Waals surface area (Å²) in [5.74, 6) is -5.46. The quantitative estimate of drug-likeness (QED) is 0.0548. The molecule has 2 aromatic carbocycles. The van der Waals surface area contributed by atoms with Crippen LogP contribution in [0.15, 0.2) is 48.5 Å². The molecule has 6 amide bonds. The molecule has 2 fully saturated rings. The van der Waals surface area contributed by atoms with Gasteiger partial charge in [-0.25, -0.2) is 9.59 Å². The van der Waals surface area contributed by atoms with E-state index in [1.165, 1.54) is 51.4 Å². The van der Waals surface area contributed by atoms with Gasteiger partial charge in [-0.3, -0.25) is 43.3 Å². The molecule has 498 valence electrons. The Morgan fingerprint density at radius 1 is 0.778 bits per heavy atom. The van der Waals surface area contributed by atoms with E-state index in [2.05, 4.69) is 21.9 Å². The Bertz CT molecular complexity index is 2830. The molecule has 0 aliphatic carbocycles. The molecule has 4 rings (SSSR count). The van der Waals surface area contributed by atoms with Crippen LogP contribution in [-0.2, 0) is 94.1 Å².